The van der Waals surface area contributed by atoms with E-state index < -0.39 is 0 Å². The standard InChI is InChI=1S/C16H21N3O.C2H7N/c1-4-13(6-5-9-17-2)16-18-14-10-12(11-20)7-8-15(14)19(16)3;1-3-2/h5-10,17,20H,4,11H2,1-3H3;3H,1-2H3/b9-5-,13-6+;. The summed E-state index contributed by atoms with van der Waals surface area (Å²) in [5.74, 6) is 0.971. The van der Waals surface area contributed by atoms with Crippen molar-refractivity contribution in [3.05, 3.63) is 47.9 Å². The highest BCUT2D eigenvalue weighted by molar-refractivity contribution is 5.80. The normalized spacial score (nSPS) is 11.7. The quantitative estimate of drug-likeness (QED) is 0.742. The van der Waals surface area contributed by atoms with E-state index in [1.165, 1.54) is 5.57 Å². The van der Waals surface area contributed by atoms with Gasteiger partial charge in [-0.1, -0.05) is 19.1 Å². The number of aromatic nitrogens is 2. The third-order valence-corrected chi connectivity index (χ3v) is 3.36. The molecule has 0 saturated carbocycles. The van der Waals surface area contributed by atoms with Crippen LogP contribution in [0.15, 0.2) is 36.6 Å². The Bertz CT molecular complexity index is 671. The number of imidazole rings is 1. The van der Waals surface area contributed by atoms with Gasteiger partial charge in [0, 0.05) is 14.1 Å². The second-order valence-corrected chi connectivity index (χ2v) is 5.17. The summed E-state index contributed by atoms with van der Waals surface area (Å²) in [5.41, 5.74) is 4.07. The predicted octanol–water partition coefficient (Wildman–Crippen LogP) is 2.43. The lowest BCUT2D eigenvalue weighted by atomic mass is 10.2. The minimum absolute atomic E-state index is 0.0449. The van der Waals surface area contributed by atoms with Crippen LogP contribution < -0.4 is 10.6 Å². The zero-order valence-electron chi connectivity index (χ0n) is 14.7. The minimum atomic E-state index is 0.0449. The number of hydrogen-bond donors (Lipinski definition) is 3. The molecular weight excluding hydrogens is 288 g/mol. The van der Waals surface area contributed by atoms with E-state index in [1.807, 2.05) is 58.7 Å². The number of aliphatic hydroxyl groups excluding tert-OH is 1. The van der Waals surface area contributed by atoms with Gasteiger partial charge in [0.1, 0.15) is 5.82 Å². The Hall–Kier alpha value is -2.11. The van der Waals surface area contributed by atoms with Gasteiger partial charge in [0.15, 0.2) is 0 Å². The number of aryl methyl sites for hydroxylation is 1. The van der Waals surface area contributed by atoms with Crippen molar-refractivity contribution in [2.75, 3.05) is 21.1 Å². The second kappa shape index (κ2) is 9.82. The molecule has 1 aromatic heterocycles. The van der Waals surface area contributed by atoms with Crippen LogP contribution in [0.1, 0.15) is 24.7 Å². The molecule has 3 N–H and O–H groups in total. The third kappa shape index (κ3) is 4.94. The van der Waals surface area contributed by atoms with E-state index in [0.29, 0.717) is 0 Å². The molecule has 126 valence electrons. The van der Waals surface area contributed by atoms with Crippen LogP contribution in [0.25, 0.3) is 16.6 Å². The van der Waals surface area contributed by atoms with Gasteiger partial charge < -0.3 is 20.3 Å². The topological polar surface area (TPSA) is 62.1 Å². The Kier molecular flexibility index (Phi) is 8.08. The largest absolute Gasteiger partial charge is 0.394 e. The molecule has 2 aromatic rings. The molecule has 1 heterocycles. The molecule has 0 aliphatic heterocycles. The summed E-state index contributed by atoms with van der Waals surface area (Å²) >= 11 is 0. The van der Waals surface area contributed by atoms with Crippen molar-refractivity contribution in [1.82, 2.24) is 20.2 Å². The summed E-state index contributed by atoms with van der Waals surface area (Å²) in [7, 11) is 7.65. The van der Waals surface area contributed by atoms with Gasteiger partial charge in [-0.25, -0.2) is 4.98 Å². The first kappa shape index (κ1) is 18.9. The molecule has 1 aromatic carbocycles. The van der Waals surface area contributed by atoms with Crippen molar-refractivity contribution >= 4 is 16.6 Å². The molecule has 2 rings (SSSR count). The number of allylic oxidation sites excluding steroid dienone is 3. The van der Waals surface area contributed by atoms with E-state index in [2.05, 4.69) is 28.2 Å². The van der Waals surface area contributed by atoms with Crippen LogP contribution in [0.2, 0.25) is 0 Å². The lowest BCUT2D eigenvalue weighted by Crippen LogP contribution is -1.97. The molecule has 5 nitrogen and oxygen atoms in total. The van der Waals surface area contributed by atoms with Crippen molar-refractivity contribution in [3.63, 3.8) is 0 Å². The molecule has 0 radical (unpaired) electrons. The summed E-state index contributed by atoms with van der Waals surface area (Å²) in [6.45, 7) is 2.17. The Labute approximate surface area is 138 Å². The molecule has 0 atom stereocenters. The number of nitrogens with one attached hydrogen (secondary N) is 2. The van der Waals surface area contributed by atoms with E-state index >= 15 is 0 Å². The average Bonchev–Trinajstić information content (AvgIpc) is 2.88. The van der Waals surface area contributed by atoms with Gasteiger partial charge in [0.05, 0.1) is 17.6 Å². The maximum Gasteiger partial charge on any atom is 0.136 e. The van der Waals surface area contributed by atoms with Crippen LogP contribution in [-0.2, 0) is 13.7 Å². The fourth-order valence-electron chi connectivity index (χ4n) is 2.24. The molecule has 0 spiro atoms. The van der Waals surface area contributed by atoms with Crippen molar-refractivity contribution in [2.24, 2.45) is 7.05 Å². The molecule has 0 bridgehead atoms. The Morgan fingerprint density at radius 2 is 2.00 bits per heavy atom. The smallest absolute Gasteiger partial charge is 0.136 e. The van der Waals surface area contributed by atoms with Crippen molar-refractivity contribution < 1.29 is 5.11 Å². The number of aliphatic hydroxyl groups is 1. The molecule has 0 fully saturated rings. The summed E-state index contributed by atoms with van der Waals surface area (Å²) in [4.78, 5) is 4.70. The van der Waals surface area contributed by atoms with Gasteiger partial charge in [-0.3, -0.25) is 0 Å². The van der Waals surface area contributed by atoms with E-state index in [9.17, 15) is 5.11 Å². The zero-order chi connectivity index (χ0) is 17.2. The minimum Gasteiger partial charge on any atom is -0.394 e. The summed E-state index contributed by atoms with van der Waals surface area (Å²) in [6.07, 6.45) is 6.86. The maximum atomic E-state index is 9.21. The number of nitrogens with zero attached hydrogens (tertiary/aromatic N) is 2. The molecular formula is C18H28N4O. The van der Waals surface area contributed by atoms with E-state index in [-0.39, 0.29) is 6.61 Å². The lowest BCUT2D eigenvalue weighted by Gasteiger charge is -2.04. The molecule has 5 heteroatoms. The van der Waals surface area contributed by atoms with Crippen LogP contribution in [0.3, 0.4) is 0 Å². The molecule has 23 heavy (non-hydrogen) atoms. The summed E-state index contributed by atoms with van der Waals surface area (Å²) in [6, 6.07) is 5.88. The van der Waals surface area contributed by atoms with Gasteiger partial charge in [-0.2, -0.15) is 0 Å². The fourth-order valence-corrected chi connectivity index (χ4v) is 2.24. The van der Waals surface area contributed by atoms with Crippen LogP contribution in [0.4, 0.5) is 0 Å². The summed E-state index contributed by atoms with van der Waals surface area (Å²) < 4.78 is 2.10. The fraction of sp³-hybridized carbons (Fsp3) is 0.389. The highest BCUT2D eigenvalue weighted by atomic mass is 16.3. The highest BCUT2D eigenvalue weighted by Gasteiger charge is 2.10. The number of hydrogen-bond acceptors (Lipinski definition) is 4. The molecule has 0 aliphatic rings. The van der Waals surface area contributed by atoms with Crippen LogP contribution >= 0.6 is 0 Å². The molecule has 0 saturated heterocycles. The average molecular weight is 316 g/mol. The van der Waals surface area contributed by atoms with Crippen LogP contribution in [-0.4, -0.2) is 35.8 Å². The molecule has 0 aliphatic carbocycles. The van der Waals surface area contributed by atoms with Crippen LogP contribution in [0, 0.1) is 0 Å². The third-order valence-electron chi connectivity index (χ3n) is 3.36. The first-order valence-corrected chi connectivity index (χ1v) is 7.80. The van der Waals surface area contributed by atoms with Gasteiger partial charge >= 0.3 is 0 Å². The van der Waals surface area contributed by atoms with Gasteiger partial charge in [0.2, 0.25) is 0 Å². The Morgan fingerprint density at radius 3 is 2.57 bits per heavy atom. The highest BCUT2D eigenvalue weighted by Crippen LogP contribution is 2.23. The number of benzene rings is 1. The van der Waals surface area contributed by atoms with Crippen molar-refractivity contribution in [3.8, 4) is 0 Å². The van der Waals surface area contributed by atoms with Gasteiger partial charge in [0.25, 0.3) is 0 Å². The monoisotopic (exact) mass is 316 g/mol. The van der Waals surface area contributed by atoms with Crippen LogP contribution in [0.5, 0.6) is 0 Å². The zero-order valence-corrected chi connectivity index (χ0v) is 14.7. The van der Waals surface area contributed by atoms with Gasteiger partial charge in [-0.05, 0) is 56.1 Å². The Morgan fingerprint density at radius 1 is 1.30 bits per heavy atom. The summed E-state index contributed by atoms with van der Waals surface area (Å²) in [5, 5.41) is 14.9. The molecule has 0 amide bonds. The maximum absolute atomic E-state index is 9.21. The van der Waals surface area contributed by atoms with E-state index in [0.717, 1.165) is 28.8 Å². The first-order chi connectivity index (χ1) is 11.1. The first-order valence-electron chi connectivity index (χ1n) is 7.80. The second-order valence-electron chi connectivity index (χ2n) is 5.17. The Balaban J connectivity index is 0.000000816. The van der Waals surface area contributed by atoms with Gasteiger partial charge in [-0.15, -0.1) is 0 Å². The predicted molar refractivity (Wildman–Crippen MR) is 98.1 cm³/mol. The van der Waals surface area contributed by atoms with Crippen molar-refractivity contribution in [1.29, 1.82) is 0 Å². The molecule has 0 unspecified atom stereocenters. The number of fused-ring (bicyclic) bond motifs is 1. The number of rotatable bonds is 5. The van der Waals surface area contributed by atoms with E-state index in [1.54, 1.807) is 0 Å². The lowest BCUT2D eigenvalue weighted by molar-refractivity contribution is 0.282. The van der Waals surface area contributed by atoms with Crippen molar-refractivity contribution in [2.45, 2.75) is 20.0 Å². The van der Waals surface area contributed by atoms with E-state index in [4.69, 9.17) is 4.98 Å². The SMILES string of the molecule is CC/C(=C\C=C/NC)c1nc2cc(CO)ccc2n1C.CNC.